The molecule has 2 unspecified atom stereocenters. The fraction of sp³-hybridized carbons (Fsp3) is 0.500. The van der Waals surface area contributed by atoms with Gasteiger partial charge < -0.3 is 10.5 Å². The van der Waals surface area contributed by atoms with Gasteiger partial charge in [0.2, 0.25) is 0 Å². The molecule has 0 aromatic heterocycles. The van der Waals surface area contributed by atoms with E-state index in [1.54, 1.807) is 12.1 Å². The van der Waals surface area contributed by atoms with E-state index in [2.05, 4.69) is 0 Å². The van der Waals surface area contributed by atoms with Crippen molar-refractivity contribution in [3.8, 4) is 0 Å². The maximum absolute atomic E-state index is 13.0. The quantitative estimate of drug-likeness (QED) is 0.885. The number of hydrogen-bond acceptors (Lipinski definition) is 2. The molecule has 0 radical (unpaired) electrons. The molecule has 4 heteroatoms. The predicted molar refractivity (Wildman–Crippen MR) is 62.0 cm³/mol. The van der Waals surface area contributed by atoms with Crippen LogP contribution < -0.4 is 5.73 Å². The largest absolute Gasteiger partial charge is 0.381 e. The molecule has 2 nitrogen and oxygen atoms in total. The minimum absolute atomic E-state index is 0.0593. The zero-order valence-corrected chi connectivity index (χ0v) is 9.71. The number of ether oxygens (including phenoxy) is 1. The highest BCUT2D eigenvalue weighted by Gasteiger charge is 2.22. The second kappa shape index (κ2) is 5.13. The summed E-state index contributed by atoms with van der Waals surface area (Å²) in [6.07, 6.45) is 1.73. The lowest BCUT2D eigenvalue weighted by Crippen LogP contribution is -2.32. The molecule has 88 valence electrons. The third-order valence-electron chi connectivity index (χ3n) is 3.03. The lowest BCUT2D eigenvalue weighted by atomic mass is 9.94. The summed E-state index contributed by atoms with van der Waals surface area (Å²) in [6.45, 7) is 1.53. The van der Waals surface area contributed by atoms with Crippen LogP contribution in [0.2, 0.25) is 5.02 Å². The average molecular weight is 244 g/mol. The van der Waals surface area contributed by atoms with Crippen molar-refractivity contribution in [3.05, 3.63) is 34.6 Å². The van der Waals surface area contributed by atoms with Gasteiger partial charge in [0.05, 0.1) is 11.6 Å². The molecule has 1 aliphatic heterocycles. The topological polar surface area (TPSA) is 35.2 Å². The Morgan fingerprint density at radius 1 is 1.56 bits per heavy atom. The zero-order valence-electron chi connectivity index (χ0n) is 8.96. The van der Waals surface area contributed by atoms with Crippen molar-refractivity contribution < 1.29 is 9.13 Å². The maximum Gasteiger partial charge on any atom is 0.141 e. The molecule has 1 heterocycles. The molecule has 0 bridgehead atoms. The summed E-state index contributed by atoms with van der Waals surface area (Å²) < 4.78 is 18.2. The van der Waals surface area contributed by atoms with Gasteiger partial charge in [-0.05, 0) is 36.5 Å². The van der Waals surface area contributed by atoms with Gasteiger partial charge in [0, 0.05) is 12.6 Å². The Morgan fingerprint density at radius 2 is 2.38 bits per heavy atom. The minimum atomic E-state index is -0.386. The molecule has 1 aromatic carbocycles. The standard InChI is InChI=1S/C12H15ClFNO/c13-10-5-8(1-2-11(10)14)6-12(15)9-3-4-16-7-9/h1-2,5,9,12H,3-4,6-7,15H2. The Hall–Kier alpha value is -0.640. The molecule has 0 aliphatic carbocycles. The second-order valence-electron chi connectivity index (χ2n) is 4.24. The van der Waals surface area contributed by atoms with E-state index < -0.39 is 0 Å². The first kappa shape index (κ1) is 11.8. The Labute approximate surface area is 99.5 Å². The normalized spacial score (nSPS) is 22.3. The molecular weight excluding hydrogens is 229 g/mol. The number of rotatable bonds is 3. The van der Waals surface area contributed by atoms with E-state index in [9.17, 15) is 4.39 Å². The smallest absolute Gasteiger partial charge is 0.141 e. The number of nitrogens with two attached hydrogens (primary N) is 1. The van der Waals surface area contributed by atoms with E-state index in [1.807, 2.05) is 0 Å². The SMILES string of the molecule is NC(Cc1ccc(F)c(Cl)c1)C1CCOC1. The molecule has 0 amide bonds. The van der Waals surface area contributed by atoms with Gasteiger partial charge in [-0.2, -0.15) is 0 Å². The molecule has 1 fully saturated rings. The lowest BCUT2D eigenvalue weighted by molar-refractivity contribution is 0.180. The van der Waals surface area contributed by atoms with Crippen molar-refractivity contribution in [3.63, 3.8) is 0 Å². The summed E-state index contributed by atoms with van der Waals surface area (Å²) in [6, 6.07) is 4.82. The second-order valence-corrected chi connectivity index (χ2v) is 4.65. The highest BCUT2D eigenvalue weighted by atomic mass is 35.5. The van der Waals surface area contributed by atoms with Gasteiger partial charge in [-0.1, -0.05) is 17.7 Å². The first-order valence-electron chi connectivity index (χ1n) is 5.44. The molecule has 2 N–H and O–H groups in total. The summed E-state index contributed by atoms with van der Waals surface area (Å²) in [5.41, 5.74) is 7.06. The molecule has 2 rings (SSSR count). The van der Waals surface area contributed by atoms with Crippen molar-refractivity contribution in [2.75, 3.05) is 13.2 Å². The first-order chi connectivity index (χ1) is 7.66. The zero-order chi connectivity index (χ0) is 11.5. The van der Waals surface area contributed by atoms with E-state index in [0.717, 1.165) is 25.2 Å². The summed E-state index contributed by atoms with van der Waals surface area (Å²) in [5.74, 6) is 0.0204. The highest BCUT2D eigenvalue weighted by Crippen LogP contribution is 2.21. The summed E-state index contributed by atoms with van der Waals surface area (Å²) in [5, 5.41) is 0.160. The van der Waals surface area contributed by atoms with E-state index in [4.69, 9.17) is 22.1 Å². The van der Waals surface area contributed by atoms with Gasteiger partial charge in [-0.15, -0.1) is 0 Å². The van der Waals surface area contributed by atoms with Crippen LogP contribution in [0.15, 0.2) is 18.2 Å². The number of hydrogen-bond donors (Lipinski definition) is 1. The van der Waals surface area contributed by atoms with Crippen LogP contribution in [0.4, 0.5) is 4.39 Å². The highest BCUT2D eigenvalue weighted by molar-refractivity contribution is 6.30. The van der Waals surface area contributed by atoms with Crippen LogP contribution in [0, 0.1) is 11.7 Å². The van der Waals surface area contributed by atoms with Crippen LogP contribution in [0.3, 0.4) is 0 Å². The van der Waals surface area contributed by atoms with Gasteiger partial charge >= 0.3 is 0 Å². The average Bonchev–Trinajstić information content (AvgIpc) is 2.77. The molecule has 1 saturated heterocycles. The van der Waals surface area contributed by atoms with Crippen molar-refractivity contribution in [2.24, 2.45) is 11.7 Å². The van der Waals surface area contributed by atoms with Crippen LogP contribution in [0.1, 0.15) is 12.0 Å². The van der Waals surface area contributed by atoms with Crippen molar-refractivity contribution in [1.29, 1.82) is 0 Å². The van der Waals surface area contributed by atoms with Gasteiger partial charge in [0.25, 0.3) is 0 Å². The predicted octanol–water partition coefficient (Wildman–Crippen LogP) is 2.39. The van der Waals surface area contributed by atoms with Gasteiger partial charge in [0.15, 0.2) is 0 Å². The van der Waals surface area contributed by atoms with Crippen LogP contribution in [-0.2, 0) is 11.2 Å². The lowest BCUT2D eigenvalue weighted by Gasteiger charge is -2.17. The number of benzene rings is 1. The summed E-state index contributed by atoms with van der Waals surface area (Å²) in [4.78, 5) is 0. The van der Waals surface area contributed by atoms with Gasteiger partial charge in [-0.3, -0.25) is 0 Å². The summed E-state index contributed by atoms with van der Waals surface area (Å²) >= 11 is 5.72. The number of halogens is 2. The minimum Gasteiger partial charge on any atom is -0.381 e. The van der Waals surface area contributed by atoms with Crippen molar-refractivity contribution in [1.82, 2.24) is 0 Å². The molecule has 16 heavy (non-hydrogen) atoms. The van der Waals surface area contributed by atoms with E-state index >= 15 is 0 Å². The van der Waals surface area contributed by atoms with Gasteiger partial charge in [0.1, 0.15) is 5.82 Å². The van der Waals surface area contributed by atoms with Crippen molar-refractivity contribution in [2.45, 2.75) is 18.9 Å². The molecular formula is C12H15ClFNO. The molecule has 0 saturated carbocycles. The van der Waals surface area contributed by atoms with E-state index in [-0.39, 0.29) is 16.9 Å². The third-order valence-corrected chi connectivity index (χ3v) is 3.32. The Kier molecular flexibility index (Phi) is 3.79. The molecule has 2 atom stereocenters. The fourth-order valence-corrected chi connectivity index (χ4v) is 2.20. The Bertz CT molecular complexity index is 366. The maximum atomic E-state index is 13.0. The van der Waals surface area contributed by atoms with Crippen LogP contribution in [0.5, 0.6) is 0 Å². The summed E-state index contributed by atoms with van der Waals surface area (Å²) in [7, 11) is 0. The van der Waals surface area contributed by atoms with Crippen LogP contribution >= 0.6 is 11.6 Å². The van der Waals surface area contributed by atoms with Crippen LogP contribution in [0.25, 0.3) is 0 Å². The molecule has 1 aromatic rings. The van der Waals surface area contributed by atoms with E-state index in [1.165, 1.54) is 6.07 Å². The monoisotopic (exact) mass is 243 g/mol. The third kappa shape index (κ3) is 2.73. The van der Waals surface area contributed by atoms with Gasteiger partial charge in [-0.25, -0.2) is 4.39 Å². The van der Waals surface area contributed by atoms with Crippen molar-refractivity contribution >= 4 is 11.6 Å². The fourth-order valence-electron chi connectivity index (χ4n) is 2.00. The molecule has 0 spiro atoms. The first-order valence-corrected chi connectivity index (χ1v) is 5.82. The Morgan fingerprint density at radius 3 is 3.00 bits per heavy atom. The molecule has 1 aliphatic rings. The van der Waals surface area contributed by atoms with Crippen LogP contribution in [-0.4, -0.2) is 19.3 Å². The van der Waals surface area contributed by atoms with E-state index in [0.29, 0.717) is 12.3 Å². The Balaban J connectivity index is 1.99.